The summed E-state index contributed by atoms with van der Waals surface area (Å²) in [5.41, 5.74) is 4.07. The Balaban J connectivity index is 0.00000180. The Morgan fingerprint density at radius 1 is 1.15 bits per heavy atom. The molecule has 4 aromatic rings. The monoisotopic (exact) mass is 400 g/mol. The fraction of sp³-hybridized carbons (Fsp3) is 0.143. The number of fused-ring (bicyclic) bond motifs is 4. The van der Waals surface area contributed by atoms with Crippen molar-refractivity contribution in [1.29, 1.82) is 0 Å². The lowest BCUT2D eigenvalue weighted by molar-refractivity contribution is 0.402. The molecule has 27 heavy (non-hydrogen) atoms. The summed E-state index contributed by atoms with van der Waals surface area (Å²) in [6.45, 7) is 0.662. The predicted molar refractivity (Wildman–Crippen MR) is 109 cm³/mol. The van der Waals surface area contributed by atoms with Crippen LogP contribution in [0.3, 0.4) is 0 Å². The average Bonchev–Trinajstić information content (AvgIpc) is 3.27. The highest BCUT2D eigenvalue weighted by molar-refractivity contribution is 6.31. The maximum atomic E-state index is 6.45. The Morgan fingerprint density at radius 2 is 2.00 bits per heavy atom. The number of rotatable bonds is 2. The molecular formula is C21H18Cl2N2O2. The molecule has 4 nitrogen and oxygen atoms in total. The van der Waals surface area contributed by atoms with E-state index in [0.29, 0.717) is 6.54 Å². The number of aromatic nitrogens is 1. The SMILES string of the molecule is COc1cccc2cc(C3NCc4c(Cl)cccc4-n4cccc43)oc12.Cl. The summed E-state index contributed by atoms with van der Waals surface area (Å²) in [5.74, 6) is 1.59. The summed E-state index contributed by atoms with van der Waals surface area (Å²) < 4.78 is 13.8. The normalized spacial score (nSPS) is 15.6. The zero-order valence-corrected chi connectivity index (χ0v) is 16.2. The van der Waals surface area contributed by atoms with E-state index in [0.717, 1.165) is 44.4 Å². The molecule has 3 heterocycles. The smallest absolute Gasteiger partial charge is 0.176 e. The van der Waals surface area contributed by atoms with Crippen molar-refractivity contribution < 1.29 is 9.15 Å². The number of methoxy groups -OCH3 is 1. The standard InChI is InChI=1S/C21H17ClN2O2.ClH/c1-25-18-9-2-5-13-11-19(26-21(13)18)20-17-8-4-10-24(17)16-7-3-6-15(22)14(16)12-23-20;/h2-11,20,23H,12H2,1H3;1H. The molecule has 6 heteroatoms. The molecule has 0 radical (unpaired) electrons. The van der Waals surface area contributed by atoms with Crippen LogP contribution in [0, 0.1) is 0 Å². The van der Waals surface area contributed by atoms with Gasteiger partial charge in [0, 0.05) is 34.4 Å². The third-order valence-electron chi connectivity index (χ3n) is 4.94. The topological polar surface area (TPSA) is 39.3 Å². The van der Waals surface area contributed by atoms with Gasteiger partial charge in [0.2, 0.25) is 0 Å². The number of furan rings is 1. The third kappa shape index (κ3) is 2.81. The predicted octanol–water partition coefficient (Wildman–Crippen LogP) is 5.50. The van der Waals surface area contributed by atoms with Crippen molar-refractivity contribution >= 4 is 35.0 Å². The average molecular weight is 401 g/mol. The highest BCUT2D eigenvalue weighted by atomic mass is 35.5. The molecule has 0 saturated heterocycles. The highest BCUT2D eigenvalue weighted by Crippen LogP contribution is 2.37. The lowest BCUT2D eigenvalue weighted by Crippen LogP contribution is -2.20. The molecule has 1 atom stereocenters. The fourth-order valence-corrected chi connectivity index (χ4v) is 3.95. The van der Waals surface area contributed by atoms with Crippen LogP contribution in [0.25, 0.3) is 16.7 Å². The molecule has 1 aliphatic heterocycles. The number of halogens is 2. The molecule has 0 bridgehead atoms. The van der Waals surface area contributed by atoms with Crippen LogP contribution in [0.1, 0.15) is 23.1 Å². The fourth-order valence-electron chi connectivity index (χ4n) is 3.71. The number of para-hydroxylation sites is 1. The van der Waals surface area contributed by atoms with E-state index < -0.39 is 0 Å². The van der Waals surface area contributed by atoms with Gasteiger partial charge in [-0.05, 0) is 36.4 Å². The molecule has 0 aliphatic carbocycles. The van der Waals surface area contributed by atoms with Crippen molar-refractivity contribution in [3.63, 3.8) is 0 Å². The zero-order valence-electron chi connectivity index (χ0n) is 14.6. The van der Waals surface area contributed by atoms with Gasteiger partial charge in [0.15, 0.2) is 11.3 Å². The van der Waals surface area contributed by atoms with Crippen molar-refractivity contribution in [3.05, 3.63) is 82.8 Å². The van der Waals surface area contributed by atoms with E-state index in [2.05, 4.69) is 34.3 Å². The Kier molecular flexibility index (Phi) is 4.64. The molecule has 0 amide bonds. The number of nitrogens with zero attached hydrogens (tertiary/aromatic N) is 1. The minimum absolute atomic E-state index is 0. The van der Waals surface area contributed by atoms with Crippen LogP contribution in [0.2, 0.25) is 5.02 Å². The van der Waals surface area contributed by atoms with Gasteiger partial charge < -0.3 is 13.7 Å². The van der Waals surface area contributed by atoms with Crippen LogP contribution in [0.4, 0.5) is 0 Å². The van der Waals surface area contributed by atoms with E-state index in [4.69, 9.17) is 20.8 Å². The van der Waals surface area contributed by atoms with E-state index in [9.17, 15) is 0 Å². The Morgan fingerprint density at radius 3 is 2.85 bits per heavy atom. The first kappa shape index (κ1) is 18.0. The highest BCUT2D eigenvalue weighted by Gasteiger charge is 2.26. The van der Waals surface area contributed by atoms with E-state index in [1.54, 1.807) is 7.11 Å². The molecule has 0 fully saturated rings. The lowest BCUT2D eigenvalue weighted by Gasteiger charge is -2.15. The molecule has 0 saturated carbocycles. The van der Waals surface area contributed by atoms with E-state index in [1.165, 1.54) is 0 Å². The van der Waals surface area contributed by atoms with Crippen LogP contribution >= 0.6 is 24.0 Å². The Hall–Kier alpha value is -2.40. The summed E-state index contributed by atoms with van der Waals surface area (Å²) in [5, 5.41) is 5.39. The molecule has 138 valence electrons. The van der Waals surface area contributed by atoms with E-state index >= 15 is 0 Å². The van der Waals surface area contributed by atoms with Gasteiger partial charge in [-0.1, -0.05) is 29.8 Å². The quantitative estimate of drug-likeness (QED) is 0.482. The molecule has 1 unspecified atom stereocenters. The van der Waals surface area contributed by atoms with Gasteiger partial charge in [-0.2, -0.15) is 0 Å². The molecule has 2 aromatic carbocycles. The number of ether oxygens (including phenoxy) is 1. The van der Waals surface area contributed by atoms with Gasteiger partial charge in [0.05, 0.1) is 12.8 Å². The second kappa shape index (κ2) is 6.97. The number of nitrogens with one attached hydrogen (secondary N) is 1. The summed E-state index contributed by atoms with van der Waals surface area (Å²) in [7, 11) is 1.66. The number of hydrogen-bond donors (Lipinski definition) is 1. The zero-order chi connectivity index (χ0) is 17.7. The van der Waals surface area contributed by atoms with Gasteiger partial charge in [-0.3, -0.25) is 5.32 Å². The van der Waals surface area contributed by atoms with E-state index in [1.807, 2.05) is 36.4 Å². The first-order valence-electron chi connectivity index (χ1n) is 8.51. The largest absolute Gasteiger partial charge is 0.493 e. The van der Waals surface area contributed by atoms with Gasteiger partial charge in [0.1, 0.15) is 11.8 Å². The van der Waals surface area contributed by atoms with Crippen LogP contribution in [-0.4, -0.2) is 11.7 Å². The summed E-state index contributed by atoms with van der Waals surface area (Å²) >= 11 is 6.45. The summed E-state index contributed by atoms with van der Waals surface area (Å²) in [4.78, 5) is 0. The minimum Gasteiger partial charge on any atom is -0.493 e. The van der Waals surface area contributed by atoms with Crippen LogP contribution in [0.15, 0.2) is 65.2 Å². The number of benzene rings is 2. The van der Waals surface area contributed by atoms with Crippen LogP contribution in [-0.2, 0) is 6.54 Å². The van der Waals surface area contributed by atoms with Gasteiger partial charge in [-0.25, -0.2) is 0 Å². The van der Waals surface area contributed by atoms with Crippen molar-refractivity contribution in [2.45, 2.75) is 12.6 Å². The second-order valence-electron chi connectivity index (χ2n) is 6.38. The molecule has 2 aromatic heterocycles. The molecule has 1 aliphatic rings. The van der Waals surface area contributed by atoms with Crippen LogP contribution < -0.4 is 10.1 Å². The van der Waals surface area contributed by atoms with Gasteiger partial charge >= 0.3 is 0 Å². The molecule has 1 N–H and O–H groups in total. The first-order chi connectivity index (χ1) is 12.8. The molecule has 0 spiro atoms. The molecule has 5 rings (SSSR count). The third-order valence-corrected chi connectivity index (χ3v) is 5.30. The Labute approximate surface area is 168 Å². The van der Waals surface area contributed by atoms with Crippen molar-refractivity contribution in [1.82, 2.24) is 9.88 Å². The maximum absolute atomic E-state index is 6.45. The van der Waals surface area contributed by atoms with Crippen LogP contribution in [0.5, 0.6) is 5.75 Å². The maximum Gasteiger partial charge on any atom is 0.176 e. The lowest BCUT2D eigenvalue weighted by atomic mass is 10.1. The first-order valence-corrected chi connectivity index (χ1v) is 8.89. The minimum atomic E-state index is -0.0782. The van der Waals surface area contributed by atoms with Crippen molar-refractivity contribution in [3.8, 4) is 11.4 Å². The summed E-state index contributed by atoms with van der Waals surface area (Å²) in [6.07, 6.45) is 2.06. The number of hydrogen-bond acceptors (Lipinski definition) is 3. The van der Waals surface area contributed by atoms with Gasteiger partial charge in [0.25, 0.3) is 0 Å². The van der Waals surface area contributed by atoms with E-state index in [-0.39, 0.29) is 18.4 Å². The summed E-state index contributed by atoms with van der Waals surface area (Å²) in [6, 6.07) is 18.1. The Bertz CT molecular complexity index is 1120. The van der Waals surface area contributed by atoms with Gasteiger partial charge in [-0.15, -0.1) is 12.4 Å². The molecular weight excluding hydrogens is 383 g/mol. The van der Waals surface area contributed by atoms with Crippen molar-refractivity contribution in [2.75, 3.05) is 7.11 Å². The second-order valence-corrected chi connectivity index (χ2v) is 6.79. The van der Waals surface area contributed by atoms with Crippen molar-refractivity contribution in [2.24, 2.45) is 0 Å².